The molecule has 3 heteroatoms. The summed E-state index contributed by atoms with van der Waals surface area (Å²) in [7, 11) is 1.67. The standard InChI is InChI=1S/C17H27NO2/c1-14-6-4-3-5-7-17(14)18-12-13-20-16-10-8-15(19-2)9-11-16/h8-11,14,17-18H,3-7,12-13H2,1-2H3. The number of methoxy groups -OCH3 is 1. The largest absolute Gasteiger partial charge is 0.497 e. The highest BCUT2D eigenvalue weighted by Crippen LogP contribution is 2.22. The van der Waals surface area contributed by atoms with Gasteiger partial charge in [-0.15, -0.1) is 0 Å². The first-order chi connectivity index (χ1) is 9.79. The average Bonchev–Trinajstić information content (AvgIpc) is 2.69. The van der Waals surface area contributed by atoms with E-state index in [0.717, 1.165) is 30.6 Å². The Morgan fingerprint density at radius 3 is 2.50 bits per heavy atom. The van der Waals surface area contributed by atoms with E-state index in [4.69, 9.17) is 9.47 Å². The van der Waals surface area contributed by atoms with Gasteiger partial charge in [-0.2, -0.15) is 0 Å². The summed E-state index contributed by atoms with van der Waals surface area (Å²) >= 11 is 0. The van der Waals surface area contributed by atoms with E-state index in [9.17, 15) is 0 Å². The number of benzene rings is 1. The van der Waals surface area contributed by atoms with Crippen LogP contribution in [-0.2, 0) is 0 Å². The van der Waals surface area contributed by atoms with Crippen molar-refractivity contribution in [1.82, 2.24) is 5.32 Å². The first-order valence-corrected chi connectivity index (χ1v) is 7.80. The highest BCUT2D eigenvalue weighted by Gasteiger charge is 2.18. The number of hydrogen-bond donors (Lipinski definition) is 1. The Kier molecular flexibility index (Phi) is 6.19. The Morgan fingerprint density at radius 2 is 1.75 bits per heavy atom. The van der Waals surface area contributed by atoms with Gasteiger partial charge >= 0.3 is 0 Å². The predicted octanol–water partition coefficient (Wildman–Crippen LogP) is 3.63. The Morgan fingerprint density at radius 1 is 1.05 bits per heavy atom. The fourth-order valence-corrected chi connectivity index (χ4v) is 2.88. The Balaban J connectivity index is 1.67. The maximum atomic E-state index is 5.74. The smallest absolute Gasteiger partial charge is 0.119 e. The van der Waals surface area contributed by atoms with Gasteiger partial charge < -0.3 is 14.8 Å². The second-order valence-corrected chi connectivity index (χ2v) is 5.70. The first-order valence-electron chi connectivity index (χ1n) is 7.80. The molecule has 2 rings (SSSR count). The van der Waals surface area contributed by atoms with E-state index in [1.54, 1.807) is 7.11 Å². The van der Waals surface area contributed by atoms with Crippen LogP contribution in [0, 0.1) is 5.92 Å². The molecule has 0 aromatic heterocycles. The maximum Gasteiger partial charge on any atom is 0.119 e. The molecule has 1 N–H and O–H groups in total. The van der Waals surface area contributed by atoms with Gasteiger partial charge in [0.1, 0.15) is 18.1 Å². The molecule has 0 spiro atoms. The van der Waals surface area contributed by atoms with Crippen molar-refractivity contribution >= 4 is 0 Å². The molecule has 1 aromatic carbocycles. The molecule has 2 atom stereocenters. The third-order valence-corrected chi connectivity index (χ3v) is 4.20. The molecule has 0 bridgehead atoms. The average molecular weight is 277 g/mol. The van der Waals surface area contributed by atoms with Crippen LogP contribution in [0.25, 0.3) is 0 Å². The molecule has 112 valence electrons. The Bertz CT molecular complexity index is 377. The van der Waals surface area contributed by atoms with E-state index in [1.807, 2.05) is 24.3 Å². The Labute approximate surface area is 122 Å². The van der Waals surface area contributed by atoms with Crippen molar-refractivity contribution in [3.8, 4) is 11.5 Å². The fraction of sp³-hybridized carbons (Fsp3) is 0.647. The topological polar surface area (TPSA) is 30.5 Å². The van der Waals surface area contributed by atoms with Crippen LogP contribution in [0.4, 0.5) is 0 Å². The van der Waals surface area contributed by atoms with Crippen LogP contribution >= 0.6 is 0 Å². The molecule has 0 heterocycles. The van der Waals surface area contributed by atoms with Crippen molar-refractivity contribution in [3.05, 3.63) is 24.3 Å². The predicted molar refractivity (Wildman–Crippen MR) is 82.5 cm³/mol. The van der Waals surface area contributed by atoms with Gasteiger partial charge in [-0.25, -0.2) is 0 Å². The van der Waals surface area contributed by atoms with Gasteiger partial charge in [-0.1, -0.05) is 26.2 Å². The molecule has 1 aliphatic carbocycles. The van der Waals surface area contributed by atoms with Gasteiger partial charge in [0.05, 0.1) is 7.11 Å². The minimum Gasteiger partial charge on any atom is -0.497 e. The zero-order valence-corrected chi connectivity index (χ0v) is 12.7. The normalized spacial score (nSPS) is 23.1. The molecule has 0 saturated heterocycles. The van der Waals surface area contributed by atoms with Gasteiger partial charge in [0, 0.05) is 12.6 Å². The number of rotatable bonds is 6. The number of hydrogen-bond acceptors (Lipinski definition) is 3. The quantitative estimate of drug-likeness (QED) is 0.636. The first kappa shape index (κ1) is 15.2. The summed E-state index contributed by atoms with van der Waals surface area (Å²) in [6.45, 7) is 4.00. The van der Waals surface area contributed by atoms with E-state index >= 15 is 0 Å². The van der Waals surface area contributed by atoms with Gasteiger partial charge in [0.15, 0.2) is 0 Å². The lowest BCUT2D eigenvalue weighted by Gasteiger charge is -2.22. The van der Waals surface area contributed by atoms with Crippen LogP contribution in [0.2, 0.25) is 0 Å². The van der Waals surface area contributed by atoms with Crippen molar-refractivity contribution in [2.75, 3.05) is 20.3 Å². The van der Waals surface area contributed by atoms with E-state index in [-0.39, 0.29) is 0 Å². The second kappa shape index (κ2) is 8.15. The van der Waals surface area contributed by atoms with E-state index < -0.39 is 0 Å². The van der Waals surface area contributed by atoms with Crippen LogP contribution in [0.15, 0.2) is 24.3 Å². The summed E-state index contributed by atoms with van der Waals surface area (Å²) in [5.41, 5.74) is 0. The SMILES string of the molecule is COc1ccc(OCCNC2CCCCCC2C)cc1. The molecule has 1 aromatic rings. The summed E-state index contributed by atoms with van der Waals surface area (Å²) in [4.78, 5) is 0. The van der Waals surface area contributed by atoms with Gasteiger partial charge in [0.25, 0.3) is 0 Å². The highest BCUT2D eigenvalue weighted by atomic mass is 16.5. The minimum absolute atomic E-state index is 0.664. The summed E-state index contributed by atoms with van der Waals surface area (Å²) in [6.07, 6.45) is 6.81. The summed E-state index contributed by atoms with van der Waals surface area (Å²) in [5.74, 6) is 2.56. The molecule has 0 amide bonds. The lowest BCUT2D eigenvalue weighted by molar-refractivity contribution is 0.282. The fourth-order valence-electron chi connectivity index (χ4n) is 2.88. The van der Waals surface area contributed by atoms with Crippen LogP contribution in [0.1, 0.15) is 39.0 Å². The molecule has 0 aliphatic heterocycles. The van der Waals surface area contributed by atoms with Crippen molar-refractivity contribution in [2.24, 2.45) is 5.92 Å². The van der Waals surface area contributed by atoms with Crippen LogP contribution < -0.4 is 14.8 Å². The molecule has 0 radical (unpaired) electrons. The van der Waals surface area contributed by atoms with Crippen LogP contribution in [0.5, 0.6) is 11.5 Å². The molecular formula is C17H27NO2. The zero-order chi connectivity index (χ0) is 14.2. The van der Waals surface area contributed by atoms with E-state index in [2.05, 4.69) is 12.2 Å². The maximum absolute atomic E-state index is 5.74. The number of nitrogens with one attached hydrogen (secondary N) is 1. The number of ether oxygens (including phenoxy) is 2. The van der Waals surface area contributed by atoms with Crippen molar-refractivity contribution < 1.29 is 9.47 Å². The zero-order valence-electron chi connectivity index (χ0n) is 12.7. The second-order valence-electron chi connectivity index (χ2n) is 5.70. The Hall–Kier alpha value is -1.22. The summed E-state index contributed by atoms with van der Waals surface area (Å²) in [6, 6.07) is 8.42. The monoisotopic (exact) mass is 277 g/mol. The van der Waals surface area contributed by atoms with Crippen molar-refractivity contribution in [3.63, 3.8) is 0 Å². The lowest BCUT2D eigenvalue weighted by atomic mass is 9.97. The molecule has 2 unspecified atom stereocenters. The molecular weight excluding hydrogens is 250 g/mol. The minimum atomic E-state index is 0.664. The van der Waals surface area contributed by atoms with Gasteiger partial charge in [-0.3, -0.25) is 0 Å². The molecule has 20 heavy (non-hydrogen) atoms. The lowest BCUT2D eigenvalue weighted by Crippen LogP contribution is -2.36. The van der Waals surface area contributed by atoms with Crippen LogP contribution in [-0.4, -0.2) is 26.3 Å². The van der Waals surface area contributed by atoms with Gasteiger partial charge in [-0.05, 0) is 43.0 Å². The van der Waals surface area contributed by atoms with Crippen molar-refractivity contribution in [1.29, 1.82) is 0 Å². The highest BCUT2D eigenvalue weighted by molar-refractivity contribution is 5.31. The molecule has 3 nitrogen and oxygen atoms in total. The van der Waals surface area contributed by atoms with E-state index in [0.29, 0.717) is 6.04 Å². The molecule has 1 saturated carbocycles. The van der Waals surface area contributed by atoms with Crippen LogP contribution in [0.3, 0.4) is 0 Å². The van der Waals surface area contributed by atoms with Crippen molar-refractivity contribution in [2.45, 2.75) is 45.1 Å². The van der Waals surface area contributed by atoms with Gasteiger partial charge in [0.2, 0.25) is 0 Å². The summed E-state index contributed by atoms with van der Waals surface area (Å²) in [5, 5.41) is 3.65. The molecule has 1 fully saturated rings. The summed E-state index contributed by atoms with van der Waals surface area (Å²) < 4.78 is 10.9. The third-order valence-electron chi connectivity index (χ3n) is 4.20. The molecule has 1 aliphatic rings. The van der Waals surface area contributed by atoms with E-state index in [1.165, 1.54) is 32.1 Å². The third kappa shape index (κ3) is 4.71.